The number of esters is 1. The highest BCUT2D eigenvalue weighted by atomic mass is 16.7. The summed E-state index contributed by atoms with van der Waals surface area (Å²) in [5.74, 6) is 0.00911. The first-order chi connectivity index (χ1) is 69.3. The Morgan fingerprint density at radius 1 is 0.368 bits per heavy atom. The zero-order valence-corrected chi connectivity index (χ0v) is 86.2. The van der Waals surface area contributed by atoms with Crippen LogP contribution in [0.2, 0.25) is 0 Å². The van der Waals surface area contributed by atoms with Crippen LogP contribution in [0.4, 0.5) is 0 Å². The Balaban J connectivity index is 0.860. The quantitative estimate of drug-likeness (QED) is 0.0236. The third kappa shape index (κ3) is 43.9. The molecule has 3 saturated heterocycles. The van der Waals surface area contributed by atoms with E-state index in [9.17, 15) is 109 Å². The summed E-state index contributed by atoms with van der Waals surface area (Å²) in [6.45, 7) is 7.16. The summed E-state index contributed by atoms with van der Waals surface area (Å²) in [7, 11) is 0. The van der Waals surface area contributed by atoms with Gasteiger partial charge in [0.1, 0.15) is 84.9 Å². The molecule has 4 saturated carbocycles. The fourth-order valence-corrected chi connectivity index (χ4v) is 21.7. The number of ether oxygens (including phenoxy) is 10. The van der Waals surface area contributed by atoms with Crippen molar-refractivity contribution in [2.75, 3.05) is 132 Å². The van der Waals surface area contributed by atoms with Gasteiger partial charge in [-0.25, -0.2) is 0 Å². The van der Waals surface area contributed by atoms with Crippen LogP contribution in [0.15, 0.2) is 12.2 Å². The van der Waals surface area contributed by atoms with Crippen molar-refractivity contribution in [3.05, 3.63) is 12.2 Å². The normalized spacial score (nSPS) is 28.5. The van der Waals surface area contributed by atoms with Crippen LogP contribution in [0.3, 0.4) is 0 Å². The number of carbonyl (C=O) groups is 10. The molecule has 4 aliphatic carbocycles. The first-order valence-corrected chi connectivity index (χ1v) is 54.1. The average Bonchev–Trinajstić information content (AvgIpc) is 1.48. The Kier molecular flexibility index (Phi) is 59.8. The number of rotatable bonds is 75. The number of fused-ring (bicyclic) bond motifs is 5. The van der Waals surface area contributed by atoms with Gasteiger partial charge in [-0.1, -0.05) is 91.2 Å². The number of allylic oxidation sites excluding steroid dienone is 2. The van der Waals surface area contributed by atoms with Gasteiger partial charge in [0.15, 0.2) is 18.9 Å². The number of aliphatic hydroxyl groups is 12. The molecular weight excluding hydrogens is 1880 g/mol. The fraction of sp³-hybridized carbons (Fsp3) is 0.883. The van der Waals surface area contributed by atoms with E-state index in [2.05, 4.69) is 87.7 Å². The van der Waals surface area contributed by atoms with Gasteiger partial charge in [-0.05, 0) is 207 Å². The first-order valence-electron chi connectivity index (χ1n) is 54.1. The molecule has 7 aliphatic rings. The van der Waals surface area contributed by atoms with Crippen molar-refractivity contribution in [3.8, 4) is 0 Å². The molecule has 3 aliphatic heterocycles. The SMILES string of the molecule is CCCCCCCC/C=C\CCCCCCCC(=O)O[C@@H]1CC[C@@]2(C)C(CC[C@H]3[C@@H]4CC[C@H]([C@H](C)CCC(=O)NCCCC(=O)NCC(=O)NC(COCCC(=O)NCCCNC(=O)CCCCO[C@@H]5O[C@H](CO)[C@H](O)[C@H](O)[C@H]5O)(COCCC(=O)NCCCNC(=O)CCCCO[C@@H]5O[C@H](CO)[C@H](O)[C@H](O)[C@H]5O)COCCC(=O)NCCCNC(=O)CCCCO[C@@H]5O[C@H](CO)[C@H](O)[C@H](O)[C@H]5O)[C@@]4(C)CC[C@@H]32)C1. The molecule has 41 heteroatoms. The minimum absolute atomic E-state index is 0.0127. The van der Waals surface area contributed by atoms with Gasteiger partial charge in [-0.3, -0.25) is 47.9 Å². The van der Waals surface area contributed by atoms with Crippen molar-refractivity contribution >= 4 is 59.1 Å². The van der Waals surface area contributed by atoms with Crippen molar-refractivity contribution < 1.29 is 157 Å². The summed E-state index contributed by atoms with van der Waals surface area (Å²) in [4.78, 5) is 132. The lowest BCUT2D eigenvalue weighted by atomic mass is 9.44. The standard InChI is InChI=1S/C103H181N9O32/c1-5-6-7-8-9-10-11-12-13-14-15-16-17-18-19-34-88(125)141-71-41-46-101(3)70(61-71)36-37-72-74-39-38-73(102(74,4)47-42-75(72)101)69(2)35-40-83(120)104-48-26-33-82(119)111-62-87(124)112-103(66-135-58-43-84(121)108-52-27-49-105-79(116)30-20-23-55-138-98-95(132)92(129)89(126)76(63-113)142-98,67-136-59-44-85(122)109-53-28-50-106-80(117)31-21-24-56-139-99-96(133)93(130)90(127)77(64-114)143-99)68-137-60-45-86(123)110-54-29-51-107-81(118)32-22-25-57-140-100-97(134)94(131)91(128)78(65-115)144-100/h12-13,69-78,89-100,113-115,126-134H,5-11,14-68H2,1-4H3,(H,104,120)(H,105,116)(H,106,117)(H,107,118)(H,108,121)(H,109,122)(H,110,123)(H,111,119)(H,112,124)/b13-12-/t69-,70?,71-,72+,73-,74+,75+,76-,77-,78-,89+,90+,91+,92+,93+,94+,95-,96-,97-,98-,99-,100-,101+,102-/m1/s1. The van der Waals surface area contributed by atoms with Crippen molar-refractivity contribution in [2.24, 2.45) is 46.3 Å². The first kappa shape index (κ1) is 125. The summed E-state index contributed by atoms with van der Waals surface area (Å²) in [5, 5.41) is 145. The minimum atomic E-state index is -1.60. The molecule has 1 unspecified atom stereocenters. The molecule has 144 heavy (non-hydrogen) atoms. The molecule has 24 atom stereocenters. The summed E-state index contributed by atoms with van der Waals surface area (Å²) in [6, 6.07) is 0. The third-order valence-electron chi connectivity index (χ3n) is 30.2. The van der Waals surface area contributed by atoms with E-state index < -0.39 is 154 Å². The molecule has 0 aromatic carbocycles. The van der Waals surface area contributed by atoms with Gasteiger partial charge in [0.25, 0.3) is 0 Å². The van der Waals surface area contributed by atoms with Crippen LogP contribution >= 0.6 is 0 Å². The molecule has 41 nitrogen and oxygen atoms in total. The van der Waals surface area contributed by atoms with Crippen LogP contribution in [0, 0.1) is 46.3 Å². The maximum atomic E-state index is 14.2. The highest BCUT2D eigenvalue weighted by Crippen LogP contribution is 2.68. The predicted molar refractivity (Wildman–Crippen MR) is 528 cm³/mol. The summed E-state index contributed by atoms with van der Waals surface area (Å²) in [6.07, 6.45) is 14.6. The van der Waals surface area contributed by atoms with E-state index in [1.165, 1.54) is 89.9 Å². The highest BCUT2D eigenvalue weighted by Gasteiger charge is 2.61. The van der Waals surface area contributed by atoms with E-state index in [1.54, 1.807) is 0 Å². The third-order valence-corrected chi connectivity index (χ3v) is 30.2. The largest absolute Gasteiger partial charge is 0.462 e. The smallest absolute Gasteiger partial charge is 0.306 e. The lowest BCUT2D eigenvalue weighted by molar-refractivity contribution is -0.301. The molecule has 0 radical (unpaired) electrons. The van der Waals surface area contributed by atoms with E-state index in [0.717, 1.165) is 57.8 Å². The molecule has 9 amide bonds. The summed E-state index contributed by atoms with van der Waals surface area (Å²) < 4.78 is 57.1. The molecule has 0 bridgehead atoms. The van der Waals surface area contributed by atoms with Crippen molar-refractivity contribution in [1.82, 2.24) is 47.9 Å². The second-order valence-corrected chi connectivity index (χ2v) is 41.3. The predicted octanol–water partition coefficient (Wildman–Crippen LogP) is 2.93. The van der Waals surface area contributed by atoms with Crippen LogP contribution in [0.5, 0.6) is 0 Å². The van der Waals surface area contributed by atoms with E-state index in [0.29, 0.717) is 106 Å². The fourth-order valence-electron chi connectivity index (χ4n) is 21.7. The molecule has 0 aromatic rings. The number of carbonyl (C=O) groups excluding carboxylic acids is 10. The van der Waals surface area contributed by atoms with Gasteiger partial charge in [-0.2, -0.15) is 0 Å². The van der Waals surface area contributed by atoms with E-state index in [4.69, 9.17) is 47.4 Å². The van der Waals surface area contributed by atoms with Gasteiger partial charge >= 0.3 is 5.97 Å². The van der Waals surface area contributed by atoms with Crippen molar-refractivity contribution in [2.45, 2.75) is 401 Å². The molecule has 0 spiro atoms. The number of nitrogens with one attached hydrogen (secondary N) is 9. The number of aliphatic hydroxyl groups excluding tert-OH is 12. The molecule has 7 rings (SSSR count). The summed E-state index contributed by atoms with van der Waals surface area (Å²) >= 11 is 0. The van der Waals surface area contributed by atoms with Crippen LogP contribution < -0.4 is 47.9 Å². The number of unbranched alkanes of at least 4 members (excludes halogenated alkanes) is 14. The average molecular weight is 2060 g/mol. The number of amides is 9. The Bertz CT molecular complexity index is 3500. The number of hydrogen-bond donors (Lipinski definition) is 21. The molecular formula is C103H181N9O32. The minimum Gasteiger partial charge on any atom is -0.462 e. The van der Waals surface area contributed by atoms with Crippen LogP contribution in [0.25, 0.3) is 0 Å². The van der Waals surface area contributed by atoms with Crippen molar-refractivity contribution in [3.63, 3.8) is 0 Å². The van der Waals surface area contributed by atoms with Gasteiger partial charge in [0, 0.05) is 123 Å². The molecule has 0 aromatic heterocycles. The van der Waals surface area contributed by atoms with Crippen molar-refractivity contribution in [1.29, 1.82) is 0 Å². The van der Waals surface area contributed by atoms with Gasteiger partial charge in [-0.15, -0.1) is 0 Å². The van der Waals surface area contributed by atoms with Crippen LogP contribution in [0.1, 0.15) is 297 Å². The molecule has 830 valence electrons. The van der Waals surface area contributed by atoms with Crippen LogP contribution in [-0.4, -0.2) is 356 Å². The van der Waals surface area contributed by atoms with Gasteiger partial charge in [0.2, 0.25) is 53.2 Å². The Labute approximate surface area is 850 Å². The summed E-state index contributed by atoms with van der Waals surface area (Å²) in [5.41, 5.74) is -1.17. The van der Waals surface area contributed by atoms with E-state index in [-0.39, 0.29) is 203 Å². The maximum Gasteiger partial charge on any atom is 0.306 e. The van der Waals surface area contributed by atoms with E-state index in [1.807, 2.05) is 0 Å². The molecule has 21 N–H and O–H groups in total. The lowest BCUT2D eigenvalue weighted by Crippen LogP contribution is -2.60. The zero-order chi connectivity index (χ0) is 105. The highest BCUT2D eigenvalue weighted by molar-refractivity contribution is 5.85. The van der Waals surface area contributed by atoms with E-state index >= 15 is 0 Å². The molecule has 3 heterocycles. The Morgan fingerprint density at radius 3 is 1.17 bits per heavy atom. The maximum absolute atomic E-state index is 14.2. The Morgan fingerprint density at radius 2 is 0.736 bits per heavy atom. The topological polar surface area (TPSA) is 614 Å². The molecule has 7 fully saturated rings. The second kappa shape index (κ2) is 69.1. The number of hydrogen-bond acceptors (Lipinski definition) is 32. The van der Waals surface area contributed by atoms with Crippen LogP contribution in [-0.2, 0) is 95.3 Å². The second-order valence-electron chi connectivity index (χ2n) is 41.3. The lowest BCUT2D eigenvalue weighted by Gasteiger charge is -2.61. The zero-order valence-electron chi connectivity index (χ0n) is 86.2. The monoisotopic (exact) mass is 2060 g/mol. The van der Waals surface area contributed by atoms with Gasteiger partial charge in [0.05, 0.1) is 66.0 Å². The Hall–Kier alpha value is -6.40. The van der Waals surface area contributed by atoms with Gasteiger partial charge < -0.3 is 156 Å².